The Morgan fingerprint density at radius 1 is 1.08 bits per heavy atom. The fourth-order valence-corrected chi connectivity index (χ4v) is 4.36. The average molecular weight is 382 g/mol. The maximum Gasteiger partial charge on any atom is 0.255 e. The minimum Gasteiger partial charge on any atom is -0.336 e. The van der Waals surface area contributed by atoms with Crippen molar-refractivity contribution in [2.45, 2.75) is 4.90 Å². The molecule has 3 rings (SSSR count). The summed E-state index contributed by atoms with van der Waals surface area (Å²) < 4.78 is 26.6. The van der Waals surface area contributed by atoms with E-state index in [4.69, 9.17) is 11.6 Å². The van der Waals surface area contributed by atoms with Crippen LogP contribution in [0.1, 0.15) is 10.4 Å². The number of aromatic amines is 1. The largest absolute Gasteiger partial charge is 0.336 e. The molecule has 25 heavy (non-hydrogen) atoms. The monoisotopic (exact) mass is 381 g/mol. The molecule has 0 unspecified atom stereocenters. The number of carbonyl (C=O) groups excluding carboxylic acids is 1. The molecule has 0 spiro atoms. The van der Waals surface area contributed by atoms with E-state index >= 15 is 0 Å². The van der Waals surface area contributed by atoms with Crippen molar-refractivity contribution in [2.75, 3.05) is 26.2 Å². The molecule has 1 aromatic carbocycles. The number of pyridine rings is 1. The highest BCUT2D eigenvalue weighted by Crippen LogP contribution is 2.21. The van der Waals surface area contributed by atoms with Gasteiger partial charge in [0.1, 0.15) is 0 Å². The van der Waals surface area contributed by atoms with Crippen molar-refractivity contribution in [3.8, 4) is 0 Å². The van der Waals surface area contributed by atoms with Crippen molar-refractivity contribution >= 4 is 27.5 Å². The van der Waals surface area contributed by atoms with Gasteiger partial charge in [-0.05, 0) is 24.3 Å². The molecule has 7 nitrogen and oxygen atoms in total. The van der Waals surface area contributed by atoms with Crippen molar-refractivity contribution < 1.29 is 13.2 Å². The summed E-state index contributed by atoms with van der Waals surface area (Å²) in [6.07, 6.45) is 1.36. The highest BCUT2D eigenvalue weighted by Gasteiger charge is 2.30. The summed E-state index contributed by atoms with van der Waals surface area (Å²) >= 11 is 5.87. The average Bonchev–Trinajstić information content (AvgIpc) is 2.62. The lowest BCUT2D eigenvalue weighted by atomic mass is 10.2. The Morgan fingerprint density at radius 3 is 2.40 bits per heavy atom. The zero-order valence-electron chi connectivity index (χ0n) is 13.2. The number of hydrogen-bond donors (Lipinski definition) is 1. The molecular weight excluding hydrogens is 366 g/mol. The van der Waals surface area contributed by atoms with Gasteiger partial charge in [-0.2, -0.15) is 4.31 Å². The number of amides is 1. The predicted molar refractivity (Wildman–Crippen MR) is 93.2 cm³/mol. The van der Waals surface area contributed by atoms with E-state index in [1.807, 2.05) is 0 Å². The number of halogens is 1. The van der Waals surface area contributed by atoms with E-state index < -0.39 is 10.0 Å². The van der Waals surface area contributed by atoms with E-state index in [2.05, 4.69) is 4.98 Å². The van der Waals surface area contributed by atoms with E-state index in [0.717, 1.165) is 0 Å². The first-order valence-corrected chi connectivity index (χ1v) is 9.43. The lowest BCUT2D eigenvalue weighted by molar-refractivity contribution is 0.0697. The van der Waals surface area contributed by atoms with Crippen molar-refractivity contribution in [3.63, 3.8) is 0 Å². The Morgan fingerprint density at radius 2 is 1.80 bits per heavy atom. The van der Waals surface area contributed by atoms with Crippen LogP contribution in [0.4, 0.5) is 0 Å². The van der Waals surface area contributed by atoms with Gasteiger partial charge in [-0.3, -0.25) is 9.59 Å². The molecule has 1 aromatic heterocycles. The Kier molecular flexibility index (Phi) is 4.94. The molecule has 1 aliphatic heterocycles. The standard InChI is InChI=1S/C16H16ClN3O4S/c17-13-2-1-3-14(10-13)25(23,24)20-8-6-19(7-9-20)16(22)12-4-5-15(21)18-11-12/h1-5,10-11H,6-9H2,(H,18,21). The lowest BCUT2D eigenvalue weighted by Crippen LogP contribution is -2.50. The quantitative estimate of drug-likeness (QED) is 0.864. The molecular formula is C16H16ClN3O4S. The highest BCUT2D eigenvalue weighted by molar-refractivity contribution is 7.89. The normalized spacial score (nSPS) is 16.0. The van der Waals surface area contributed by atoms with E-state index in [0.29, 0.717) is 10.6 Å². The van der Waals surface area contributed by atoms with Crippen LogP contribution in [0.15, 0.2) is 52.3 Å². The second-order valence-corrected chi connectivity index (χ2v) is 7.97. The molecule has 1 N–H and O–H groups in total. The number of sulfonamides is 1. The zero-order valence-corrected chi connectivity index (χ0v) is 14.8. The molecule has 1 saturated heterocycles. The van der Waals surface area contributed by atoms with Crippen molar-refractivity contribution in [1.29, 1.82) is 0 Å². The van der Waals surface area contributed by atoms with Gasteiger partial charge < -0.3 is 9.88 Å². The van der Waals surface area contributed by atoms with Crippen LogP contribution in [0.25, 0.3) is 0 Å². The predicted octanol–water partition coefficient (Wildman–Crippen LogP) is 1.17. The second-order valence-electron chi connectivity index (χ2n) is 5.60. The third kappa shape index (κ3) is 3.76. The van der Waals surface area contributed by atoms with Crippen molar-refractivity contribution in [3.05, 3.63) is 63.5 Å². The highest BCUT2D eigenvalue weighted by atomic mass is 35.5. The molecule has 0 radical (unpaired) electrons. The van der Waals surface area contributed by atoms with Crippen LogP contribution in [0.2, 0.25) is 5.02 Å². The maximum absolute atomic E-state index is 12.6. The van der Waals surface area contributed by atoms with E-state index in [-0.39, 0.29) is 42.5 Å². The summed E-state index contributed by atoms with van der Waals surface area (Å²) in [5, 5.41) is 0.355. The van der Waals surface area contributed by atoms with Gasteiger partial charge >= 0.3 is 0 Å². The molecule has 0 bridgehead atoms. The number of aromatic nitrogens is 1. The molecule has 9 heteroatoms. The Hall–Kier alpha value is -2.16. The van der Waals surface area contributed by atoms with E-state index in [1.165, 1.54) is 34.8 Å². The fraction of sp³-hybridized carbons (Fsp3) is 0.250. The first kappa shape index (κ1) is 17.7. The van der Waals surface area contributed by atoms with E-state index in [9.17, 15) is 18.0 Å². The van der Waals surface area contributed by atoms with E-state index in [1.54, 1.807) is 17.0 Å². The number of piperazine rings is 1. The number of H-pyrrole nitrogens is 1. The molecule has 2 aromatic rings. The van der Waals surface area contributed by atoms with Gasteiger partial charge in [0.05, 0.1) is 10.5 Å². The summed E-state index contributed by atoms with van der Waals surface area (Å²) in [6, 6.07) is 8.85. The van der Waals surface area contributed by atoms with Crippen LogP contribution in [0, 0.1) is 0 Å². The summed E-state index contributed by atoms with van der Waals surface area (Å²) in [6.45, 7) is 0.948. The van der Waals surface area contributed by atoms with Crippen molar-refractivity contribution in [1.82, 2.24) is 14.2 Å². The van der Waals surface area contributed by atoms with Crippen LogP contribution in [0.5, 0.6) is 0 Å². The molecule has 0 aliphatic carbocycles. The third-order valence-electron chi connectivity index (χ3n) is 3.99. The number of hydrogen-bond acceptors (Lipinski definition) is 4. The number of rotatable bonds is 3. The molecule has 132 valence electrons. The molecule has 1 fully saturated rings. The molecule has 0 atom stereocenters. The Bertz CT molecular complexity index is 929. The summed E-state index contributed by atoms with van der Waals surface area (Å²) in [5.41, 5.74) is 0.0831. The second kappa shape index (κ2) is 6.99. The van der Waals surface area contributed by atoms with Gasteiger partial charge in [0.2, 0.25) is 15.6 Å². The Balaban J connectivity index is 1.70. The summed E-state index contributed by atoms with van der Waals surface area (Å²) in [7, 11) is -3.64. The summed E-state index contributed by atoms with van der Waals surface area (Å²) in [4.78, 5) is 27.6. The molecule has 2 heterocycles. The number of nitrogens with zero attached hydrogens (tertiary/aromatic N) is 2. The minimum absolute atomic E-state index is 0.139. The van der Waals surface area contributed by atoms with Crippen LogP contribution < -0.4 is 5.56 Å². The van der Waals surface area contributed by atoms with Crippen molar-refractivity contribution in [2.24, 2.45) is 0 Å². The van der Waals surface area contributed by atoms with Gasteiger partial charge in [-0.15, -0.1) is 0 Å². The number of benzene rings is 1. The van der Waals surface area contributed by atoms with Crippen LogP contribution >= 0.6 is 11.6 Å². The summed E-state index contributed by atoms with van der Waals surface area (Å²) in [5.74, 6) is -0.240. The Labute approximate surface area is 149 Å². The zero-order chi connectivity index (χ0) is 18.0. The first-order valence-electron chi connectivity index (χ1n) is 7.62. The molecule has 0 saturated carbocycles. The van der Waals surface area contributed by atoms with Crippen LogP contribution in [-0.4, -0.2) is 54.7 Å². The smallest absolute Gasteiger partial charge is 0.255 e. The van der Waals surface area contributed by atoms with Gasteiger partial charge in [0.25, 0.3) is 5.91 Å². The molecule has 1 aliphatic rings. The van der Waals surface area contributed by atoms with Crippen LogP contribution in [0.3, 0.4) is 0 Å². The fourth-order valence-electron chi connectivity index (χ4n) is 2.63. The number of carbonyl (C=O) groups is 1. The number of nitrogens with one attached hydrogen (secondary N) is 1. The van der Waals surface area contributed by atoms with Gasteiger partial charge in [0, 0.05) is 43.5 Å². The molecule has 1 amide bonds. The third-order valence-corrected chi connectivity index (χ3v) is 6.12. The lowest BCUT2D eigenvalue weighted by Gasteiger charge is -2.34. The minimum atomic E-state index is -3.64. The first-order chi connectivity index (χ1) is 11.9. The SMILES string of the molecule is O=C(c1ccc(=O)[nH]c1)N1CCN(S(=O)(=O)c2cccc(Cl)c2)CC1. The van der Waals surface area contributed by atoms with Gasteiger partial charge in [-0.1, -0.05) is 17.7 Å². The van der Waals surface area contributed by atoms with Crippen LogP contribution in [-0.2, 0) is 10.0 Å². The van der Waals surface area contributed by atoms with Gasteiger partial charge in [-0.25, -0.2) is 8.42 Å². The topological polar surface area (TPSA) is 90.6 Å². The maximum atomic E-state index is 12.6. The van der Waals surface area contributed by atoms with Gasteiger partial charge in [0.15, 0.2) is 0 Å².